The summed E-state index contributed by atoms with van der Waals surface area (Å²) in [6.45, 7) is 1.86. The van der Waals surface area contributed by atoms with Crippen molar-refractivity contribution in [1.29, 1.82) is 0 Å². The Labute approximate surface area is 59.8 Å². The quantitative estimate of drug-likeness (QED) is 0.499. The molecule has 0 bridgehead atoms. The van der Waals surface area contributed by atoms with Crippen LogP contribution in [0.5, 0.6) is 0 Å². The standard InChI is InChI=1S/C6H12N2O2/c1-2-5(7)6(10)8-3-4-9/h4-5H,2-3,7H2,1H3,(H,8,10). The second-order valence-electron chi connectivity index (χ2n) is 1.93. The van der Waals surface area contributed by atoms with Crippen LogP contribution in [0.15, 0.2) is 0 Å². The van der Waals surface area contributed by atoms with Crippen LogP contribution in [-0.4, -0.2) is 24.8 Å². The summed E-state index contributed by atoms with van der Waals surface area (Å²) < 4.78 is 0. The summed E-state index contributed by atoms with van der Waals surface area (Å²) in [6, 6.07) is -0.486. The van der Waals surface area contributed by atoms with Crippen LogP contribution in [-0.2, 0) is 9.59 Å². The van der Waals surface area contributed by atoms with E-state index in [1.54, 1.807) is 0 Å². The minimum absolute atomic E-state index is 0.0481. The summed E-state index contributed by atoms with van der Waals surface area (Å²) in [5.74, 6) is -0.269. The lowest BCUT2D eigenvalue weighted by Crippen LogP contribution is -2.40. The number of hydrogen-bond donors (Lipinski definition) is 2. The molecule has 4 nitrogen and oxygen atoms in total. The smallest absolute Gasteiger partial charge is 0.237 e. The number of carbonyl (C=O) groups is 2. The van der Waals surface area contributed by atoms with Crippen LogP contribution in [0.3, 0.4) is 0 Å². The molecule has 0 aromatic rings. The second-order valence-corrected chi connectivity index (χ2v) is 1.93. The first kappa shape index (κ1) is 9.10. The molecule has 0 spiro atoms. The highest BCUT2D eigenvalue weighted by Gasteiger charge is 2.08. The molecule has 0 rings (SSSR count). The Hall–Kier alpha value is -0.900. The summed E-state index contributed by atoms with van der Waals surface area (Å²) in [5, 5.41) is 2.35. The first-order valence-electron chi connectivity index (χ1n) is 3.19. The highest BCUT2D eigenvalue weighted by Crippen LogP contribution is 1.83. The van der Waals surface area contributed by atoms with Gasteiger partial charge in [0.15, 0.2) is 0 Å². The third-order valence-corrected chi connectivity index (χ3v) is 1.14. The Kier molecular flexibility index (Phi) is 4.49. The molecular formula is C6H12N2O2. The normalized spacial score (nSPS) is 12.2. The van der Waals surface area contributed by atoms with Gasteiger partial charge in [-0.1, -0.05) is 6.92 Å². The van der Waals surface area contributed by atoms with E-state index in [1.165, 1.54) is 0 Å². The predicted octanol–water partition coefficient (Wildman–Crippen LogP) is -0.961. The monoisotopic (exact) mass is 144 g/mol. The molecule has 0 aromatic heterocycles. The Morgan fingerprint density at radius 2 is 2.40 bits per heavy atom. The lowest BCUT2D eigenvalue weighted by Gasteiger charge is -2.06. The molecule has 10 heavy (non-hydrogen) atoms. The van der Waals surface area contributed by atoms with Gasteiger partial charge in [0.25, 0.3) is 0 Å². The molecule has 4 heteroatoms. The molecule has 0 aliphatic carbocycles. The zero-order valence-corrected chi connectivity index (χ0v) is 5.96. The summed E-state index contributed by atoms with van der Waals surface area (Å²) in [4.78, 5) is 20.5. The Morgan fingerprint density at radius 3 is 2.80 bits per heavy atom. The van der Waals surface area contributed by atoms with Gasteiger partial charge < -0.3 is 15.8 Å². The van der Waals surface area contributed by atoms with Crippen molar-refractivity contribution in [3.63, 3.8) is 0 Å². The van der Waals surface area contributed by atoms with Crippen molar-refractivity contribution < 1.29 is 9.59 Å². The van der Waals surface area contributed by atoms with E-state index in [9.17, 15) is 9.59 Å². The van der Waals surface area contributed by atoms with Gasteiger partial charge in [-0.25, -0.2) is 0 Å². The molecule has 1 amide bonds. The van der Waals surface area contributed by atoms with Gasteiger partial charge in [0.1, 0.15) is 6.29 Å². The second kappa shape index (κ2) is 4.93. The minimum Gasteiger partial charge on any atom is -0.348 e. The summed E-state index contributed by atoms with van der Waals surface area (Å²) in [5.41, 5.74) is 5.33. The topological polar surface area (TPSA) is 72.2 Å². The van der Waals surface area contributed by atoms with Crippen molar-refractivity contribution in [3.05, 3.63) is 0 Å². The van der Waals surface area contributed by atoms with Crippen LogP contribution in [0, 0.1) is 0 Å². The highest BCUT2D eigenvalue weighted by molar-refractivity contribution is 5.83. The van der Waals surface area contributed by atoms with Crippen LogP contribution in [0.2, 0.25) is 0 Å². The van der Waals surface area contributed by atoms with Gasteiger partial charge in [0.05, 0.1) is 12.6 Å². The van der Waals surface area contributed by atoms with E-state index >= 15 is 0 Å². The van der Waals surface area contributed by atoms with Crippen LogP contribution >= 0.6 is 0 Å². The lowest BCUT2D eigenvalue weighted by molar-refractivity contribution is -0.123. The number of hydrogen-bond acceptors (Lipinski definition) is 3. The Balaban J connectivity index is 3.51. The average molecular weight is 144 g/mol. The number of carbonyl (C=O) groups excluding carboxylic acids is 2. The van der Waals surface area contributed by atoms with E-state index < -0.39 is 6.04 Å². The molecule has 0 fully saturated rings. The molecule has 0 heterocycles. The Bertz CT molecular complexity index is 125. The van der Waals surface area contributed by atoms with Crippen LogP contribution in [0.1, 0.15) is 13.3 Å². The van der Waals surface area contributed by atoms with Crippen molar-refractivity contribution in [2.24, 2.45) is 5.73 Å². The maximum atomic E-state index is 10.7. The van der Waals surface area contributed by atoms with Gasteiger partial charge in [-0.3, -0.25) is 4.79 Å². The zero-order valence-electron chi connectivity index (χ0n) is 5.96. The summed E-state index contributed by atoms with van der Waals surface area (Å²) in [7, 11) is 0. The van der Waals surface area contributed by atoms with E-state index in [4.69, 9.17) is 5.73 Å². The number of amides is 1. The third-order valence-electron chi connectivity index (χ3n) is 1.14. The predicted molar refractivity (Wildman–Crippen MR) is 37.3 cm³/mol. The van der Waals surface area contributed by atoms with Crippen molar-refractivity contribution in [1.82, 2.24) is 5.32 Å². The molecular weight excluding hydrogens is 132 g/mol. The molecule has 0 aromatic carbocycles. The van der Waals surface area contributed by atoms with Crippen LogP contribution in [0.4, 0.5) is 0 Å². The van der Waals surface area contributed by atoms with E-state index in [-0.39, 0.29) is 12.5 Å². The van der Waals surface area contributed by atoms with Crippen molar-refractivity contribution in [2.45, 2.75) is 19.4 Å². The molecule has 0 saturated carbocycles. The SMILES string of the molecule is CCC(N)C(=O)NCC=O. The number of aldehydes is 1. The van der Waals surface area contributed by atoms with Gasteiger partial charge in [0.2, 0.25) is 5.91 Å². The maximum Gasteiger partial charge on any atom is 0.237 e. The van der Waals surface area contributed by atoms with E-state index in [2.05, 4.69) is 5.32 Å². The molecule has 1 atom stereocenters. The maximum absolute atomic E-state index is 10.7. The Morgan fingerprint density at radius 1 is 1.80 bits per heavy atom. The largest absolute Gasteiger partial charge is 0.348 e. The molecule has 58 valence electrons. The lowest BCUT2D eigenvalue weighted by atomic mass is 10.2. The minimum atomic E-state index is -0.486. The first-order chi connectivity index (χ1) is 4.72. The number of nitrogens with two attached hydrogens (primary N) is 1. The van der Waals surface area contributed by atoms with Gasteiger partial charge >= 0.3 is 0 Å². The van der Waals surface area contributed by atoms with Gasteiger partial charge in [-0.2, -0.15) is 0 Å². The summed E-state index contributed by atoms with van der Waals surface area (Å²) >= 11 is 0. The van der Waals surface area contributed by atoms with Crippen molar-refractivity contribution >= 4 is 12.2 Å². The van der Waals surface area contributed by atoms with E-state index in [1.807, 2.05) is 6.92 Å². The fourth-order valence-corrected chi connectivity index (χ4v) is 0.459. The number of rotatable bonds is 4. The molecule has 3 N–H and O–H groups in total. The van der Waals surface area contributed by atoms with Gasteiger partial charge in [-0.05, 0) is 6.42 Å². The van der Waals surface area contributed by atoms with Gasteiger partial charge in [0, 0.05) is 0 Å². The number of nitrogens with one attached hydrogen (secondary N) is 1. The van der Waals surface area contributed by atoms with Crippen molar-refractivity contribution in [3.8, 4) is 0 Å². The van der Waals surface area contributed by atoms with E-state index in [0.29, 0.717) is 12.7 Å². The average Bonchev–Trinajstić information content (AvgIpc) is 1.98. The zero-order chi connectivity index (χ0) is 7.98. The molecule has 0 aliphatic heterocycles. The highest BCUT2D eigenvalue weighted by atomic mass is 16.2. The van der Waals surface area contributed by atoms with E-state index in [0.717, 1.165) is 0 Å². The molecule has 0 aliphatic rings. The third kappa shape index (κ3) is 3.19. The first-order valence-corrected chi connectivity index (χ1v) is 3.19. The molecule has 0 radical (unpaired) electrons. The van der Waals surface area contributed by atoms with Gasteiger partial charge in [-0.15, -0.1) is 0 Å². The fourth-order valence-electron chi connectivity index (χ4n) is 0.459. The fraction of sp³-hybridized carbons (Fsp3) is 0.667. The van der Waals surface area contributed by atoms with Crippen LogP contribution in [0.25, 0.3) is 0 Å². The van der Waals surface area contributed by atoms with Crippen LogP contribution < -0.4 is 11.1 Å². The summed E-state index contributed by atoms with van der Waals surface area (Å²) in [6.07, 6.45) is 1.21. The molecule has 0 saturated heterocycles. The van der Waals surface area contributed by atoms with Crippen molar-refractivity contribution in [2.75, 3.05) is 6.54 Å². The molecule has 1 unspecified atom stereocenters.